The molecule has 1 heterocycles. The lowest BCUT2D eigenvalue weighted by molar-refractivity contribution is 0.354. The summed E-state index contributed by atoms with van der Waals surface area (Å²) in [5.74, 6) is 1.26. The van der Waals surface area contributed by atoms with E-state index >= 15 is 0 Å². The van der Waals surface area contributed by atoms with Crippen molar-refractivity contribution < 1.29 is 9.47 Å². The third-order valence-electron chi connectivity index (χ3n) is 2.21. The Hall–Kier alpha value is -1.89. The van der Waals surface area contributed by atoms with Gasteiger partial charge in [0, 0.05) is 5.56 Å². The zero-order chi connectivity index (χ0) is 12.3. The maximum Gasteiger partial charge on any atom is 0.259 e. The molecule has 0 atom stereocenters. The monoisotopic (exact) mass is 250 g/mol. The van der Waals surface area contributed by atoms with Gasteiger partial charge in [-0.15, -0.1) is 10.2 Å². The molecule has 88 valence electrons. The van der Waals surface area contributed by atoms with Crippen molar-refractivity contribution in [3.8, 4) is 11.5 Å². The molecule has 6 nitrogen and oxygen atoms in total. The average Bonchev–Trinajstić information content (AvgIpc) is 2.39. The summed E-state index contributed by atoms with van der Waals surface area (Å²) in [6, 6.07) is 5.40. The molecule has 1 aliphatic heterocycles. The van der Waals surface area contributed by atoms with Gasteiger partial charge in [0.15, 0.2) is 11.5 Å². The Kier molecular flexibility index (Phi) is 3.38. The molecule has 0 fully saturated rings. The minimum Gasteiger partial charge on any atom is -0.493 e. The van der Waals surface area contributed by atoms with Crippen molar-refractivity contribution in [2.75, 3.05) is 14.2 Å². The zero-order valence-electron chi connectivity index (χ0n) is 9.32. The van der Waals surface area contributed by atoms with Crippen LogP contribution in [0.2, 0.25) is 0 Å². The van der Waals surface area contributed by atoms with Gasteiger partial charge >= 0.3 is 0 Å². The van der Waals surface area contributed by atoms with Crippen LogP contribution < -0.4 is 9.47 Å². The van der Waals surface area contributed by atoms with Gasteiger partial charge in [0.05, 0.1) is 14.2 Å². The topological polar surface area (TPSA) is 67.9 Å². The number of thiocarbonyl (C=S) groups is 1. The molecule has 0 spiro atoms. The molecule has 0 unspecified atom stereocenters. The molecule has 17 heavy (non-hydrogen) atoms. The largest absolute Gasteiger partial charge is 0.493 e. The van der Waals surface area contributed by atoms with E-state index in [0.717, 1.165) is 5.56 Å². The highest BCUT2D eigenvalue weighted by Gasteiger charge is 2.15. The minimum absolute atomic E-state index is 0.140. The predicted octanol–water partition coefficient (Wildman–Crippen LogP) is 2.91. The molecule has 7 heteroatoms. The standard InChI is InChI=1S/C10H10N4O2S/c1-15-7-4-3-6(5-8(7)16-2)9-11-13-10(17)14-12-9/h3-5,9H,1-2H3. The van der Waals surface area contributed by atoms with Crippen LogP contribution in [-0.2, 0) is 0 Å². The lowest BCUT2D eigenvalue weighted by Gasteiger charge is -2.12. The van der Waals surface area contributed by atoms with E-state index in [1.54, 1.807) is 26.4 Å². The van der Waals surface area contributed by atoms with E-state index in [1.165, 1.54) is 0 Å². The quantitative estimate of drug-likeness (QED) is 0.774. The van der Waals surface area contributed by atoms with Crippen LogP contribution in [0.1, 0.15) is 11.7 Å². The molecular weight excluding hydrogens is 240 g/mol. The highest BCUT2D eigenvalue weighted by atomic mass is 32.1. The van der Waals surface area contributed by atoms with E-state index in [4.69, 9.17) is 21.7 Å². The zero-order valence-corrected chi connectivity index (χ0v) is 10.1. The van der Waals surface area contributed by atoms with Crippen molar-refractivity contribution in [3.05, 3.63) is 23.8 Å². The Bertz CT molecular complexity index is 485. The lowest BCUT2D eigenvalue weighted by atomic mass is 10.1. The summed E-state index contributed by atoms with van der Waals surface area (Å²) in [4.78, 5) is 0. The Morgan fingerprint density at radius 3 is 2.29 bits per heavy atom. The van der Waals surface area contributed by atoms with Gasteiger partial charge in [-0.1, -0.05) is 6.07 Å². The van der Waals surface area contributed by atoms with E-state index in [-0.39, 0.29) is 5.11 Å². The summed E-state index contributed by atoms with van der Waals surface area (Å²) in [5.41, 5.74) is 0.817. The maximum atomic E-state index is 5.19. The molecule has 0 radical (unpaired) electrons. The lowest BCUT2D eigenvalue weighted by Crippen LogP contribution is -1.99. The van der Waals surface area contributed by atoms with E-state index in [0.29, 0.717) is 11.5 Å². The highest BCUT2D eigenvalue weighted by molar-refractivity contribution is 7.80. The normalized spacial score (nSPS) is 15.1. The number of rotatable bonds is 3. The van der Waals surface area contributed by atoms with Crippen molar-refractivity contribution >= 4 is 17.3 Å². The Morgan fingerprint density at radius 1 is 1.06 bits per heavy atom. The van der Waals surface area contributed by atoms with Crippen LogP contribution in [0.3, 0.4) is 0 Å². The fourth-order valence-electron chi connectivity index (χ4n) is 1.40. The summed E-state index contributed by atoms with van der Waals surface area (Å²) in [6.07, 6.45) is -0.471. The Labute approximate surface area is 103 Å². The summed E-state index contributed by atoms with van der Waals surface area (Å²) in [5, 5.41) is 15.4. The number of benzene rings is 1. The molecule has 0 amide bonds. The number of hydrogen-bond donors (Lipinski definition) is 0. The average molecular weight is 250 g/mol. The van der Waals surface area contributed by atoms with Crippen LogP contribution in [-0.4, -0.2) is 19.3 Å². The van der Waals surface area contributed by atoms with Gasteiger partial charge < -0.3 is 9.47 Å². The number of ether oxygens (including phenoxy) is 2. The second-order valence-electron chi connectivity index (χ2n) is 3.20. The van der Waals surface area contributed by atoms with Gasteiger partial charge in [-0.25, -0.2) is 0 Å². The third-order valence-corrected chi connectivity index (χ3v) is 2.37. The van der Waals surface area contributed by atoms with Crippen molar-refractivity contribution in [1.29, 1.82) is 0 Å². The van der Waals surface area contributed by atoms with Crippen LogP contribution in [0.25, 0.3) is 0 Å². The van der Waals surface area contributed by atoms with Crippen molar-refractivity contribution in [1.82, 2.24) is 0 Å². The molecule has 0 N–H and O–H groups in total. The SMILES string of the molecule is COc1ccc(C2N=NC(=S)N=N2)cc1OC. The molecular formula is C10H10N4O2S. The molecule has 0 saturated carbocycles. The number of methoxy groups -OCH3 is 2. The first-order valence-corrected chi connectivity index (χ1v) is 5.23. The highest BCUT2D eigenvalue weighted by Crippen LogP contribution is 2.32. The fraction of sp³-hybridized carbons (Fsp3) is 0.300. The summed E-state index contributed by atoms with van der Waals surface area (Å²) >= 11 is 4.73. The van der Waals surface area contributed by atoms with Crippen LogP contribution in [0.5, 0.6) is 11.5 Å². The summed E-state index contributed by atoms with van der Waals surface area (Å²) < 4.78 is 10.3. The van der Waals surface area contributed by atoms with Crippen LogP contribution >= 0.6 is 12.2 Å². The van der Waals surface area contributed by atoms with Crippen molar-refractivity contribution in [2.24, 2.45) is 20.5 Å². The fourth-order valence-corrected chi connectivity index (χ4v) is 1.49. The number of azo groups is 2. The van der Waals surface area contributed by atoms with Gasteiger partial charge in [-0.2, -0.15) is 10.2 Å². The van der Waals surface area contributed by atoms with E-state index in [9.17, 15) is 0 Å². The maximum absolute atomic E-state index is 5.19. The molecule has 2 rings (SSSR count). The first-order valence-electron chi connectivity index (χ1n) is 4.82. The molecule has 0 aliphatic carbocycles. The van der Waals surface area contributed by atoms with Gasteiger partial charge in [0.2, 0.25) is 6.17 Å². The van der Waals surface area contributed by atoms with Gasteiger partial charge in [-0.3, -0.25) is 0 Å². The predicted molar refractivity (Wildman–Crippen MR) is 64.6 cm³/mol. The van der Waals surface area contributed by atoms with Gasteiger partial charge in [-0.05, 0) is 24.4 Å². The first-order chi connectivity index (χ1) is 8.24. The second-order valence-corrected chi connectivity index (χ2v) is 3.57. The number of nitrogens with zero attached hydrogens (tertiary/aromatic N) is 4. The molecule has 1 aromatic rings. The molecule has 1 aliphatic rings. The smallest absolute Gasteiger partial charge is 0.259 e. The van der Waals surface area contributed by atoms with E-state index < -0.39 is 6.17 Å². The van der Waals surface area contributed by atoms with Crippen molar-refractivity contribution in [3.63, 3.8) is 0 Å². The Morgan fingerprint density at radius 2 is 1.71 bits per heavy atom. The summed E-state index contributed by atoms with van der Waals surface area (Å²) in [6.45, 7) is 0. The van der Waals surface area contributed by atoms with Crippen molar-refractivity contribution in [2.45, 2.75) is 6.17 Å². The van der Waals surface area contributed by atoms with E-state index in [1.807, 2.05) is 6.07 Å². The molecule has 1 aromatic carbocycles. The van der Waals surface area contributed by atoms with Crippen LogP contribution in [0.15, 0.2) is 38.7 Å². The third kappa shape index (κ3) is 2.44. The molecule has 0 saturated heterocycles. The summed E-state index contributed by atoms with van der Waals surface area (Å²) in [7, 11) is 3.15. The molecule has 0 aromatic heterocycles. The van der Waals surface area contributed by atoms with E-state index in [2.05, 4.69) is 20.5 Å². The number of hydrogen-bond acceptors (Lipinski definition) is 5. The second kappa shape index (κ2) is 4.96. The Balaban J connectivity index is 2.31. The van der Waals surface area contributed by atoms with Gasteiger partial charge in [0.25, 0.3) is 5.11 Å². The van der Waals surface area contributed by atoms with Crippen LogP contribution in [0.4, 0.5) is 0 Å². The first kappa shape index (κ1) is 11.6. The minimum atomic E-state index is -0.471. The molecule has 0 bridgehead atoms. The van der Waals surface area contributed by atoms with Gasteiger partial charge in [0.1, 0.15) is 0 Å². The van der Waals surface area contributed by atoms with Crippen LogP contribution in [0, 0.1) is 0 Å².